The van der Waals surface area contributed by atoms with Gasteiger partial charge in [-0.05, 0) is 62.1 Å². The first kappa shape index (κ1) is 25.2. The van der Waals surface area contributed by atoms with Crippen LogP contribution in [0, 0.1) is 13.8 Å². The van der Waals surface area contributed by atoms with Crippen LogP contribution in [0.5, 0.6) is 5.75 Å². The summed E-state index contributed by atoms with van der Waals surface area (Å²) in [4.78, 5) is 17.2. The number of rotatable bonds is 8. The number of sulfonamides is 1. The van der Waals surface area contributed by atoms with E-state index in [2.05, 4.69) is 10.3 Å². The molecule has 1 aliphatic heterocycles. The van der Waals surface area contributed by atoms with Crippen molar-refractivity contribution in [3.8, 4) is 5.75 Å². The summed E-state index contributed by atoms with van der Waals surface area (Å²) in [6, 6.07) is 10.8. The second kappa shape index (κ2) is 10.3. The van der Waals surface area contributed by atoms with Crippen molar-refractivity contribution in [3.63, 3.8) is 0 Å². The number of hydrogen-bond acceptors (Lipinski definition) is 6. The fourth-order valence-electron chi connectivity index (χ4n) is 4.72. The molecule has 0 bridgehead atoms. The summed E-state index contributed by atoms with van der Waals surface area (Å²) in [5.41, 5.74) is 3.00. The van der Waals surface area contributed by atoms with E-state index in [1.807, 2.05) is 35.9 Å². The zero-order valence-electron chi connectivity index (χ0n) is 20.6. The Morgan fingerprint density at radius 1 is 1.17 bits per heavy atom. The highest BCUT2D eigenvalue weighted by atomic mass is 32.2. The van der Waals surface area contributed by atoms with Crippen molar-refractivity contribution >= 4 is 32.9 Å². The molecular formula is C25H32N4O5S. The van der Waals surface area contributed by atoms with Gasteiger partial charge in [-0.2, -0.15) is 4.31 Å². The highest BCUT2D eigenvalue weighted by molar-refractivity contribution is 7.89. The van der Waals surface area contributed by atoms with Crippen LogP contribution in [0.2, 0.25) is 0 Å². The van der Waals surface area contributed by atoms with E-state index in [0.717, 1.165) is 23.9 Å². The molecule has 2 heterocycles. The predicted molar refractivity (Wildman–Crippen MR) is 134 cm³/mol. The largest absolute Gasteiger partial charge is 0.497 e. The second-order valence-electron chi connectivity index (χ2n) is 8.90. The second-order valence-corrected chi connectivity index (χ2v) is 10.7. The molecule has 0 aliphatic carbocycles. The first-order chi connectivity index (χ1) is 16.7. The third kappa shape index (κ3) is 5.19. The topological polar surface area (TPSA) is 103 Å². The molecule has 1 amide bonds. The van der Waals surface area contributed by atoms with Crippen LogP contribution in [0.1, 0.15) is 30.4 Å². The number of amides is 1. The number of ether oxygens (including phenoxy) is 2. The molecule has 1 aliphatic rings. The van der Waals surface area contributed by atoms with Crippen molar-refractivity contribution in [3.05, 3.63) is 47.5 Å². The average molecular weight is 501 g/mol. The Labute approximate surface area is 206 Å². The lowest BCUT2D eigenvalue weighted by Crippen LogP contribution is -2.46. The molecule has 10 heteroatoms. The normalized spacial score (nSPS) is 17.0. The Kier molecular flexibility index (Phi) is 7.44. The predicted octanol–water partition coefficient (Wildman–Crippen LogP) is 3.40. The molecule has 1 atom stereocenters. The maximum Gasteiger partial charge on any atom is 0.252 e. The Morgan fingerprint density at radius 2 is 1.89 bits per heavy atom. The highest BCUT2D eigenvalue weighted by Crippen LogP contribution is 2.32. The number of carbonyl (C=O) groups is 1. The van der Waals surface area contributed by atoms with Gasteiger partial charge in [-0.25, -0.2) is 13.4 Å². The first-order valence-corrected chi connectivity index (χ1v) is 13.1. The van der Waals surface area contributed by atoms with E-state index in [1.54, 1.807) is 33.1 Å². The number of aromatic nitrogens is 2. The van der Waals surface area contributed by atoms with Gasteiger partial charge in [0.1, 0.15) is 12.4 Å². The van der Waals surface area contributed by atoms with Crippen LogP contribution in [0.15, 0.2) is 41.3 Å². The summed E-state index contributed by atoms with van der Waals surface area (Å²) in [5.74, 6) is 0.728. The lowest BCUT2D eigenvalue weighted by Gasteiger charge is -2.35. The lowest BCUT2D eigenvalue weighted by atomic mass is 10.1. The molecule has 3 aromatic rings. The summed E-state index contributed by atoms with van der Waals surface area (Å²) < 4.78 is 41.6. The number of piperidine rings is 1. The minimum Gasteiger partial charge on any atom is -0.497 e. The van der Waals surface area contributed by atoms with E-state index in [9.17, 15) is 13.2 Å². The van der Waals surface area contributed by atoms with Crippen LogP contribution in [-0.2, 0) is 26.6 Å². The monoisotopic (exact) mass is 500 g/mol. The van der Waals surface area contributed by atoms with Gasteiger partial charge in [0.2, 0.25) is 16.0 Å². The van der Waals surface area contributed by atoms with E-state index in [-0.39, 0.29) is 25.2 Å². The summed E-state index contributed by atoms with van der Waals surface area (Å²) in [6.07, 6.45) is 2.38. The molecule has 4 rings (SSSR count). The number of methoxy groups -OCH3 is 1. The molecule has 0 saturated carbocycles. The van der Waals surface area contributed by atoms with Gasteiger partial charge < -0.3 is 14.0 Å². The van der Waals surface area contributed by atoms with Crippen LogP contribution in [0.4, 0.5) is 5.95 Å². The van der Waals surface area contributed by atoms with Crippen molar-refractivity contribution in [2.24, 2.45) is 7.05 Å². The van der Waals surface area contributed by atoms with E-state index in [0.29, 0.717) is 40.7 Å². The van der Waals surface area contributed by atoms with E-state index in [1.165, 1.54) is 4.31 Å². The van der Waals surface area contributed by atoms with Gasteiger partial charge in [0.05, 0.1) is 29.6 Å². The molecule has 1 saturated heterocycles. The molecule has 1 fully saturated rings. The van der Waals surface area contributed by atoms with Crippen molar-refractivity contribution in [1.82, 2.24) is 13.9 Å². The van der Waals surface area contributed by atoms with Crippen molar-refractivity contribution in [1.29, 1.82) is 0 Å². The van der Waals surface area contributed by atoms with Crippen LogP contribution in [0.3, 0.4) is 0 Å². The number of anilines is 1. The van der Waals surface area contributed by atoms with Crippen molar-refractivity contribution in [2.45, 2.75) is 44.0 Å². The fraction of sp³-hybridized carbons (Fsp3) is 0.440. The standard InChI is InChI=1S/C25H32N4O5S/c1-17-13-20(33-4)14-18(2)24(17)35(31,32)29-12-8-7-9-19(29)15-34-16-23(30)27-25-26-21-10-5-6-11-22(21)28(25)3/h5-6,10-11,13-14,19H,7-9,12,15-16H2,1-4H3,(H,26,27,30). The van der Waals surface area contributed by atoms with Gasteiger partial charge in [0.15, 0.2) is 0 Å². The third-order valence-electron chi connectivity index (χ3n) is 6.39. The fourth-order valence-corrected chi connectivity index (χ4v) is 6.81. The Bertz CT molecular complexity index is 1310. The number of carbonyl (C=O) groups excluding carboxylic acids is 1. The molecule has 1 unspecified atom stereocenters. The summed E-state index contributed by atoms with van der Waals surface area (Å²) in [6.45, 7) is 3.94. The van der Waals surface area contributed by atoms with Gasteiger partial charge in [0.25, 0.3) is 5.91 Å². The Balaban J connectivity index is 1.42. The molecule has 9 nitrogen and oxygen atoms in total. The summed E-state index contributed by atoms with van der Waals surface area (Å²) in [7, 11) is -0.338. The number of benzene rings is 2. The molecule has 35 heavy (non-hydrogen) atoms. The number of imidazole rings is 1. The zero-order valence-corrected chi connectivity index (χ0v) is 21.4. The lowest BCUT2D eigenvalue weighted by molar-refractivity contribution is -0.121. The van der Waals surface area contributed by atoms with Gasteiger partial charge in [-0.1, -0.05) is 18.6 Å². The van der Waals surface area contributed by atoms with Crippen LogP contribution >= 0.6 is 0 Å². The summed E-state index contributed by atoms with van der Waals surface area (Å²) in [5, 5.41) is 2.77. The van der Waals surface area contributed by atoms with Gasteiger partial charge in [-0.15, -0.1) is 0 Å². The number of nitrogens with one attached hydrogen (secondary N) is 1. The number of nitrogens with zero attached hydrogens (tertiary/aromatic N) is 3. The Morgan fingerprint density at radius 3 is 2.57 bits per heavy atom. The molecule has 0 spiro atoms. The SMILES string of the molecule is COc1cc(C)c(S(=O)(=O)N2CCCCC2COCC(=O)Nc2nc3ccccc3n2C)c(C)c1. The van der Waals surface area contributed by atoms with Gasteiger partial charge >= 0.3 is 0 Å². The first-order valence-electron chi connectivity index (χ1n) is 11.7. The van der Waals surface area contributed by atoms with Crippen LogP contribution in [-0.4, -0.2) is 61.1 Å². The summed E-state index contributed by atoms with van der Waals surface area (Å²) >= 11 is 0. The van der Waals surface area contributed by atoms with E-state index >= 15 is 0 Å². The maximum atomic E-state index is 13.6. The smallest absolute Gasteiger partial charge is 0.252 e. The van der Waals surface area contributed by atoms with Crippen LogP contribution < -0.4 is 10.1 Å². The van der Waals surface area contributed by atoms with Crippen molar-refractivity contribution in [2.75, 3.05) is 32.2 Å². The molecule has 188 valence electrons. The number of hydrogen-bond donors (Lipinski definition) is 1. The third-order valence-corrected chi connectivity index (χ3v) is 8.65. The number of fused-ring (bicyclic) bond motifs is 1. The molecule has 2 aromatic carbocycles. The quantitative estimate of drug-likeness (QED) is 0.509. The van der Waals surface area contributed by atoms with E-state index < -0.39 is 10.0 Å². The van der Waals surface area contributed by atoms with E-state index in [4.69, 9.17) is 9.47 Å². The van der Waals surface area contributed by atoms with Gasteiger partial charge in [-0.3, -0.25) is 10.1 Å². The highest BCUT2D eigenvalue weighted by Gasteiger charge is 2.35. The Hall–Kier alpha value is -2.95. The number of aryl methyl sites for hydroxylation is 3. The number of para-hydroxylation sites is 2. The molecule has 1 aromatic heterocycles. The zero-order chi connectivity index (χ0) is 25.2. The minimum atomic E-state index is -3.73. The molecule has 1 N–H and O–H groups in total. The minimum absolute atomic E-state index is 0.142. The molecule has 0 radical (unpaired) electrons. The maximum absolute atomic E-state index is 13.6. The van der Waals surface area contributed by atoms with Gasteiger partial charge in [0, 0.05) is 19.6 Å². The van der Waals surface area contributed by atoms with Crippen LogP contribution in [0.25, 0.3) is 11.0 Å². The average Bonchev–Trinajstić information content (AvgIpc) is 3.13. The van der Waals surface area contributed by atoms with Crippen molar-refractivity contribution < 1.29 is 22.7 Å². The molecular weight excluding hydrogens is 468 g/mol.